The lowest BCUT2D eigenvalue weighted by atomic mass is 9.68. The molecule has 1 aliphatic carbocycles. The first-order chi connectivity index (χ1) is 12.2. The highest BCUT2D eigenvalue weighted by Gasteiger charge is 2.43. The summed E-state index contributed by atoms with van der Waals surface area (Å²) in [4.78, 5) is 22.8. The molecule has 0 atom stereocenters. The quantitative estimate of drug-likeness (QED) is 0.665. The molecular formula is C19H28N4OS. The molecule has 1 N–H and O–H groups in total. The van der Waals surface area contributed by atoms with Gasteiger partial charge in [0.15, 0.2) is 5.96 Å². The number of carbonyl (C=O) groups is 1. The maximum atomic E-state index is 12.5. The van der Waals surface area contributed by atoms with E-state index in [1.54, 1.807) is 0 Å². The van der Waals surface area contributed by atoms with Crippen LogP contribution in [0.5, 0.6) is 0 Å². The van der Waals surface area contributed by atoms with Crippen LogP contribution in [0.2, 0.25) is 0 Å². The first kappa shape index (κ1) is 16.9. The molecule has 6 heteroatoms. The highest BCUT2D eigenvalue weighted by molar-refractivity contribution is 7.10. The number of hydrogen-bond acceptors (Lipinski definition) is 3. The van der Waals surface area contributed by atoms with E-state index < -0.39 is 0 Å². The Morgan fingerprint density at radius 2 is 2.20 bits per heavy atom. The second kappa shape index (κ2) is 6.98. The summed E-state index contributed by atoms with van der Waals surface area (Å²) in [5, 5.41) is 5.55. The molecule has 2 fully saturated rings. The summed E-state index contributed by atoms with van der Waals surface area (Å²) in [6.07, 6.45) is 6.97. The van der Waals surface area contributed by atoms with Crippen molar-refractivity contribution in [1.29, 1.82) is 0 Å². The molecule has 136 valence electrons. The van der Waals surface area contributed by atoms with E-state index in [0.29, 0.717) is 18.4 Å². The lowest BCUT2D eigenvalue weighted by Gasteiger charge is -2.38. The van der Waals surface area contributed by atoms with E-state index in [9.17, 15) is 4.79 Å². The van der Waals surface area contributed by atoms with Gasteiger partial charge in [-0.05, 0) is 48.1 Å². The van der Waals surface area contributed by atoms with Crippen LogP contribution in [-0.2, 0) is 17.8 Å². The number of aliphatic imine (C=N–C) groups is 1. The Kier molecular flexibility index (Phi) is 4.71. The van der Waals surface area contributed by atoms with Crippen molar-refractivity contribution in [2.24, 2.45) is 10.4 Å². The van der Waals surface area contributed by atoms with E-state index in [4.69, 9.17) is 0 Å². The fraction of sp³-hybridized carbons (Fsp3) is 0.684. The van der Waals surface area contributed by atoms with Crippen molar-refractivity contribution in [3.05, 3.63) is 21.9 Å². The van der Waals surface area contributed by atoms with Gasteiger partial charge in [-0.15, -0.1) is 11.3 Å². The Hall–Kier alpha value is -1.56. The zero-order valence-corrected chi connectivity index (χ0v) is 15.9. The van der Waals surface area contributed by atoms with Gasteiger partial charge in [-0.25, -0.2) is 0 Å². The third-order valence-corrected chi connectivity index (χ3v) is 7.17. The van der Waals surface area contributed by atoms with Crippen molar-refractivity contribution in [3.63, 3.8) is 0 Å². The van der Waals surface area contributed by atoms with E-state index in [-0.39, 0.29) is 5.91 Å². The molecule has 2 aliphatic heterocycles. The Balaban J connectivity index is 1.24. The van der Waals surface area contributed by atoms with Crippen molar-refractivity contribution >= 4 is 23.2 Å². The second-order valence-electron chi connectivity index (χ2n) is 7.68. The van der Waals surface area contributed by atoms with Crippen molar-refractivity contribution in [2.75, 3.05) is 33.2 Å². The zero-order valence-electron chi connectivity index (χ0n) is 15.1. The van der Waals surface area contributed by atoms with Crippen LogP contribution in [-0.4, -0.2) is 54.9 Å². The van der Waals surface area contributed by atoms with Crippen molar-refractivity contribution in [3.8, 4) is 0 Å². The Bertz CT molecular complexity index is 664. The fourth-order valence-electron chi connectivity index (χ4n) is 4.43. The van der Waals surface area contributed by atoms with Crippen molar-refractivity contribution in [1.82, 2.24) is 15.1 Å². The number of carbonyl (C=O) groups excluding carboxylic acids is 1. The maximum Gasteiger partial charge on any atom is 0.224 e. The molecule has 1 saturated heterocycles. The molecular weight excluding hydrogens is 332 g/mol. The average Bonchev–Trinajstić information content (AvgIpc) is 3.24. The van der Waals surface area contributed by atoms with Crippen LogP contribution < -0.4 is 5.32 Å². The number of thiophene rings is 1. The van der Waals surface area contributed by atoms with Crippen molar-refractivity contribution < 1.29 is 4.79 Å². The summed E-state index contributed by atoms with van der Waals surface area (Å²) in [6, 6.07) is 2.16. The van der Waals surface area contributed by atoms with Crippen LogP contribution in [0.25, 0.3) is 0 Å². The Morgan fingerprint density at radius 3 is 2.92 bits per heavy atom. The van der Waals surface area contributed by atoms with Gasteiger partial charge in [-0.3, -0.25) is 9.79 Å². The summed E-state index contributed by atoms with van der Waals surface area (Å²) in [6.45, 7) is 4.53. The highest BCUT2D eigenvalue weighted by Crippen LogP contribution is 2.47. The minimum absolute atomic E-state index is 0.247. The van der Waals surface area contributed by atoms with Gasteiger partial charge < -0.3 is 15.1 Å². The molecule has 1 aromatic rings. The van der Waals surface area contributed by atoms with Gasteiger partial charge in [0, 0.05) is 51.1 Å². The molecule has 0 radical (unpaired) electrons. The lowest BCUT2D eigenvalue weighted by molar-refractivity contribution is -0.131. The average molecular weight is 361 g/mol. The number of fused-ring (bicyclic) bond motifs is 1. The molecule has 0 aromatic carbocycles. The third-order valence-electron chi connectivity index (χ3n) is 6.15. The number of likely N-dealkylation sites (tertiary alicyclic amines) is 1. The first-order valence-electron chi connectivity index (χ1n) is 9.48. The molecule has 25 heavy (non-hydrogen) atoms. The summed E-state index contributed by atoms with van der Waals surface area (Å²) in [5.74, 6) is 1.21. The topological polar surface area (TPSA) is 47.9 Å². The number of rotatable bonds is 3. The van der Waals surface area contributed by atoms with Gasteiger partial charge >= 0.3 is 0 Å². The number of guanidine groups is 1. The standard InChI is InChI=1S/C19H28N4OS/c1-20-18(23-11-8-19(14-23)6-2-7-19)21-9-3-17(24)22-10-4-16-15(13-22)5-12-25-16/h5,12H,2-4,6-11,13-14H2,1H3,(H,20,21). The minimum atomic E-state index is 0.247. The predicted octanol–water partition coefficient (Wildman–Crippen LogP) is 2.47. The maximum absolute atomic E-state index is 12.5. The molecule has 1 aromatic heterocycles. The molecule has 0 unspecified atom stereocenters. The summed E-state index contributed by atoms with van der Waals surface area (Å²) >= 11 is 1.81. The molecule has 3 heterocycles. The SMILES string of the molecule is CN=C(NCCC(=O)N1CCc2sccc2C1)N1CCC2(CCC2)C1. The van der Waals surface area contributed by atoms with E-state index in [1.165, 1.54) is 36.1 Å². The highest BCUT2D eigenvalue weighted by atomic mass is 32.1. The Labute approximate surface area is 154 Å². The first-order valence-corrected chi connectivity index (χ1v) is 10.4. The minimum Gasteiger partial charge on any atom is -0.356 e. The van der Waals surface area contributed by atoms with Gasteiger partial charge in [0.1, 0.15) is 0 Å². The predicted molar refractivity (Wildman–Crippen MR) is 102 cm³/mol. The van der Waals surface area contributed by atoms with Gasteiger partial charge in [0.2, 0.25) is 5.91 Å². The normalized spacial score (nSPS) is 22.0. The summed E-state index contributed by atoms with van der Waals surface area (Å²) < 4.78 is 0. The molecule has 4 rings (SSSR count). The second-order valence-corrected chi connectivity index (χ2v) is 8.68. The van der Waals surface area contributed by atoms with Gasteiger partial charge in [0.25, 0.3) is 0 Å². The molecule has 1 saturated carbocycles. The van der Waals surface area contributed by atoms with Crippen LogP contribution in [0.1, 0.15) is 42.5 Å². The summed E-state index contributed by atoms with van der Waals surface area (Å²) in [7, 11) is 1.85. The van der Waals surface area contributed by atoms with E-state index >= 15 is 0 Å². The van der Waals surface area contributed by atoms with Crippen LogP contribution in [0.15, 0.2) is 16.4 Å². The van der Waals surface area contributed by atoms with Gasteiger partial charge in [-0.2, -0.15) is 0 Å². The van der Waals surface area contributed by atoms with Crippen LogP contribution >= 0.6 is 11.3 Å². The fourth-order valence-corrected chi connectivity index (χ4v) is 5.32. The number of hydrogen-bond donors (Lipinski definition) is 1. The summed E-state index contributed by atoms with van der Waals surface area (Å²) in [5.41, 5.74) is 1.90. The molecule has 5 nitrogen and oxygen atoms in total. The van der Waals surface area contributed by atoms with E-state index in [0.717, 1.165) is 38.6 Å². The third kappa shape index (κ3) is 3.41. The van der Waals surface area contributed by atoms with Crippen LogP contribution in [0, 0.1) is 5.41 Å². The zero-order chi connectivity index (χ0) is 17.3. The smallest absolute Gasteiger partial charge is 0.224 e. The number of amides is 1. The lowest BCUT2D eigenvalue weighted by Crippen LogP contribution is -2.44. The molecule has 3 aliphatic rings. The number of nitrogens with one attached hydrogen (secondary N) is 1. The largest absolute Gasteiger partial charge is 0.356 e. The monoisotopic (exact) mass is 360 g/mol. The molecule has 0 bridgehead atoms. The van der Waals surface area contributed by atoms with Crippen LogP contribution in [0.3, 0.4) is 0 Å². The van der Waals surface area contributed by atoms with E-state index in [2.05, 4.69) is 26.7 Å². The van der Waals surface area contributed by atoms with Crippen LogP contribution in [0.4, 0.5) is 0 Å². The molecule has 1 spiro atoms. The van der Waals surface area contributed by atoms with Crippen molar-refractivity contribution in [2.45, 2.75) is 45.1 Å². The molecule has 1 amide bonds. The van der Waals surface area contributed by atoms with Gasteiger partial charge in [0.05, 0.1) is 0 Å². The van der Waals surface area contributed by atoms with E-state index in [1.807, 2.05) is 23.3 Å². The van der Waals surface area contributed by atoms with Gasteiger partial charge in [-0.1, -0.05) is 6.42 Å². The number of nitrogens with zero attached hydrogens (tertiary/aromatic N) is 3. The Morgan fingerprint density at radius 1 is 1.32 bits per heavy atom.